The topological polar surface area (TPSA) is 42.0 Å². The molecule has 3 rings (SSSR count). The summed E-state index contributed by atoms with van der Waals surface area (Å²) in [4.78, 5) is 16.3. The summed E-state index contributed by atoms with van der Waals surface area (Å²) in [6.45, 7) is 0. The molecule has 1 amide bonds. The molecule has 1 N–H and O–H groups in total. The summed E-state index contributed by atoms with van der Waals surface area (Å²) < 4.78 is 14.8. The molecule has 6 heteroatoms. The molecule has 1 heterocycles. The smallest absolute Gasteiger partial charge is 0.230 e. The van der Waals surface area contributed by atoms with Crippen LogP contribution in [0, 0.1) is 5.82 Å². The third kappa shape index (κ3) is 3.46. The summed E-state index contributed by atoms with van der Waals surface area (Å²) in [5.74, 6) is -0.476. The first-order chi connectivity index (χ1) is 10.1. The molecule has 0 unspecified atom stereocenters. The maximum Gasteiger partial charge on any atom is 0.230 e. The molecule has 3 nitrogen and oxygen atoms in total. The van der Waals surface area contributed by atoms with Crippen LogP contribution in [0.1, 0.15) is 5.56 Å². The van der Waals surface area contributed by atoms with E-state index in [1.54, 1.807) is 12.1 Å². The molecule has 0 aliphatic rings. The molecule has 3 aromatic rings. The number of hydrogen-bond donors (Lipinski definition) is 1. The van der Waals surface area contributed by atoms with Crippen LogP contribution in [0.5, 0.6) is 0 Å². The van der Waals surface area contributed by atoms with Crippen molar-refractivity contribution >= 4 is 48.5 Å². The Labute approximate surface area is 133 Å². The van der Waals surface area contributed by atoms with E-state index in [1.165, 1.54) is 23.5 Å². The van der Waals surface area contributed by atoms with E-state index in [1.807, 2.05) is 18.2 Å². The van der Waals surface area contributed by atoms with Gasteiger partial charge in [0.05, 0.1) is 16.6 Å². The Kier molecular flexibility index (Phi) is 3.98. The minimum Gasteiger partial charge on any atom is -0.302 e. The van der Waals surface area contributed by atoms with Gasteiger partial charge < -0.3 is 5.32 Å². The van der Waals surface area contributed by atoms with Crippen LogP contribution in [-0.4, -0.2) is 10.9 Å². The summed E-state index contributed by atoms with van der Waals surface area (Å²) in [6.07, 6.45) is 0.194. The summed E-state index contributed by atoms with van der Waals surface area (Å²) in [5, 5.41) is 3.34. The number of thiazole rings is 1. The number of fused-ring (bicyclic) bond motifs is 1. The summed E-state index contributed by atoms with van der Waals surface area (Å²) in [5.41, 5.74) is 1.61. The van der Waals surface area contributed by atoms with Gasteiger partial charge in [0.25, 0.3) is 0 Å². The van der Waals surface area contributed by atoms with Gasteiger partial charge in [-0.3, -0.25) is 4.79 Å². The zero-order chi connectivity index (χ0) is 14.8. The van der Waals surface area contributed by atoms with Gasteiger partial charge in [-0.05, 0) is 35.9 Å². The highest BCUT2D eigenvalue weighted by Gasteiger charge is 2.09. The second-order valence-corrected chi connectivity index (χ2v) is 6.43. The van der Waals surface area contributed by atoms with Gasteiger partial charge in [-0.1, -0.05) is 39.4 Å². The maximum absolute atomic E-state index is 12.8. The lowest BCUT2D eigenvalue weighted by molar-refractivity contribution is -0.115. The largest absolute Gasteiger partial charge is 0.302 e. The molecule has 0 aliphatic heterocycles. The highest BCUT2D eigenvalue weighted by Crippen LogP contribution is 2.28. The van der Waals surface area contributed by atoms with Crippen molar-refractivity contribution in [2.75, 3.05) is 5.32 Å². The number of halogens is 2. The van der Waals surface area contributed by atoms with Crippen molar-refractivity contribution in [1.82, 2.24) is 4.98 Å². The third-order valence-electron chi connectivity index (χ3n) is 2.87. The predicted octanol–water partition coefficient (Wildman–Crippen LogP) is 4.38. The van der Waals surface area contributed by atoms with E-state index < -0.39 is 0 Å². The lowest BCUT2D eigenvalue weighted by atomic mass is 10.1. The van der Waals surface area contributed by atoms with Crippen molar-refractivity contribution in [3.05, 3.63) is 58.3 Å². The van der Waals surface area contributed by atoms with Crippen molar-refractivity contribution in [2.45, 2.75) is 6.42 Å². The van der Waals surface area contributed by atoms with Gasteiger partial charge in [-0.25, -0.2) is 9.37 Å². The Bertz CT molecular complexity index is 801. The fourth-order valence-electron chi connectivity index (χ4n) is 1.90. The van der Waals surface area contributed by atoms with Gasteiger partial charge in [0, 0.05) is 4.47 Å². The molecule has 1 aromatic heterocycles. The quantitative estimate of drug-likeness (QED) is 0.749. The Hall–Kier alpha value is -1.79. The average Bonchev–Trinajstić information content (AvgIpc) is 2.82. The third-order valence-corrected chi connectivity index (χ3v) is 4.30. The number of benzene rings is 2. The van der Waals surface area contributed by atoms with E-state index in [0.717, 1.165) is 20.3 Å². The fraction of sp³-hybridized carbons (Fsp3) is 0.0667. The number of amides is 1. The number of anilines is 1. The minimum absolute atomic E-state index is 0.167. The molecule has 0 radical (unpaired) electrons. The Morgan fingerprint density at radius 1 is 1.24 bits per heavy atom. The zero-order valence-electron chi connectivity index (χ0n) is 10.8. The average molecular weight is 365 g/mol. The number of carbonyl (C=O) groups excluding carboxylic acids is 1. The highest BCUT2D eigenvalue weighted by molar-refractivity contribution is 9.10. The zero-order valence-corrected chi connectivity index (χ0v) is 13.2. The SMILES string of the molecule is O=C(Cc1ccc(F)cc1)Nc1nc2ccc(Br)cc2s1. The molecule has 0 aliphatic carbocycles. The van der Waals surface area contributed by atoms with Crippen molar-refractivity contribution in [3.8, 4) is 0 Å². The number of nitrogens with zero attached hydrogens (tertiary/aromatic N) is 1. The standard InChI is InChI=1S/C15H10BrFN2OS/c16-10-3-6-12-13(8-10)21-15(18-12)19-14(20)7-9-1-4-11(17)5-2-9/h1-6,8H,7H2,(H,18,19,20). The highest BCUT2D eigenvalue weighted by atomic mass is 79.9. The lowest BCUT2D eigenvalue weighted by Gasteiger charge is -2.01. The van der Waals surface area contributed by atoms with Gasteiger partial charge in [0.1, 0.15) is 5.82 Å². The van der Waals surface area contributed by atoms with Crippen LogP contribution in [0.2, 0.25) is 0 Å². The van der Waals surface area contributed by atoms with Gasteiger partial charge in [0.15, 0.2) is 5.13 Å². The maximum atomic E-state index is 12.8. The number of rotatable bonds is 3. The van der Waals surface area contributed by atoms with Crippen molar-refractivity contribution < 1.29 is 9.18 Å². The Balaban J connectivity index is 1.72. The molecule has 0 saturated heterocycles. The predicted molar refractivity (Wildman–Crippen MR) is 86.1 cm³/mol. The second kappa shape index (κ2) is 5.91. The Morgan fingerprint density at radius 3 is 2.76 bits per heavy atom. The van der Waals surface area contributed by atoms with Crippen molar-refractivity contribution in [2.24, 2.45) is 0 Å². The number of nitrogens with one attached hydrogen (secondary N) is 1. The van der Waals surface area contributed by atoms with E-state index in [2.05, 4.69) is 26.2 Å². The van der Waals surface area contributed by atoms with E-state index in [0.29, 0.717) is 5.13 Å². The molecule has 0 fully saturated rings. The first-order valence-electron chi connectivity index (χ1n) is 6.20. The fourth-order valence-corrected chi connectivity index (χ4v) is 3.34. The molecular weight excluding hydrogens is 355 g/mol. The minimum atomic E-state index is -0.309. The van der Waals surface area contributed by atoms with Crippen LogP contribution in [0.3, 0.4) is 0 Å². The first-order valence-corrected chi connectivity index (χ1v) is 7.81. The molecule has 0 spiro atoms. The van der Waals surface area contributed by atoms with Crippen LogP contribution in [0.4, 0.5) is 9.52 Å². The van der Waals surface area contributed by atoms with Crippen molar-refractivity contribution in [1.29, 1.82) is 0 Å². The normalized spacial score (nSPS) is 10.8. The number of hydrogen-bond acceptors (Lipinski definition) is 3. The van der Waals surface area contributed by atoms with Gasteiger partial charge >= 0.3 is 0 Å². The molecule has 2 aromatic carbocycles. The van der Waals surface area contributed by atoms with Crippen LogP contribution >= 0.6 is 27.3 Å². The summed E-state index contributed by atoms with van der Waals surface area (Å²) in [7, 11) is 0. The number of carbonyl (C=O) groups is 1. The molecule has 0 atom stereocenters. The second-order valence-electron chi connectivity index (χ2n) is 4.48. The van der Waals surface area contributed by atoms with Crippen LogP contribution in [-0.2, 0) is 11.2 Å². The summed E-state index contributed by atoms with van der Waals surface area (Å²) in [6, 6.07) is 11.7. The van der Waals surface area contributed by atoms with Crippen LogP contribution in [0.25, 0.3) is 10.2 Å². The van der Waals surface area contributed by atoms with E-state index in [-0.39, 0.29) is 18.1 Å². The first kappa shape index (κ1) is 14.2. The summed E-state index contributed by atoms with van der Waals surface area (Å²) >= 11 is 4.82. The molecule has 0 saturated carbocycles. The van der Waals surface area contributed by atoms with E-state index >= 15 is 0 Å². The van der Waals surface area contributed by atoms with Crippen LogP contribution < -0.4 is 5.32 Å². The molecule has 21 heavy (non-hydrogen) atoms. The van der Waals surface area contributed by atoms with Crippen LogP contribution in [0.15, 0.2) is 46.9 Å². The van der Waals surface area contributed by atoms with Gasteiger partial charge in [-0.2, -0.15) is 0 Å². The molecule has 0 bridgehead atoms. The number of aromatic nitrogens is 1. The molecular formula is C15H10BrFN2OS. The van der Waals surface area contributed by atoms with Crippen molar-refractivity contribution in [3.63, 3.8) is 0 Å². The van der Waals surface area contributed by atoms with E-state index in [4.69, 9.17) is 0 Å². The molecule has 106 valence electrons. The van der Waals surface area contributed by atoms with E-state index in [9.17, 15) is 9.18 Å². The Morgan fingerprint density at radius 2 is 2.00 bits per heavy atom. The lowest BCUT2D eigenvalue weighted by Crippen LogP contribution is -2.14. The van der Waals surface area contributed by atoms with Gasteiger partial charge in [0.2, 0.25) is 5.91 Å². The van der Waals surface area contributed by atoms with Gasteiger partial charge in [-0.15, -0.1) is 0 Å². The monoisotopic (exact) mass is 364 g/mol.